The van der Waals surface area contributed by atoms with Crippen LogP contribution in [-0.4, -0.2) is 23.4 Å². The van der Waals surface area contributed by atoms with Crippen LogP contribution >= 0.6 is 11.3 Å². The van der Waals surface area contributed by atoms with Crippen molar-refractivity contribution in [3.8, 4) is 0 Å². The van der Waals surface area contributed by atoms with Gasteiger partial charge in [-0.25, -0.2) is 4.79 Å². The Morgan fingerprint density at radius 1 is 1.79 bits per heavy atom. The lowest BCUT2D eigenvalue weighted by molar-refractivity contribution is -0.129. The summed E-state index contributed by atoms with van der Waals surface area (Å²) in [5, 5.41) is 14.1. The highest BCUT2D eigenvalue weighted by Crippen LogP contribution is 2.10. The molecule has 0 saturated carbocycles. The van der Waals surface area contributed by atoms with Crippen LogP contribution in [0.25, 0.3) is 0 Å². The molecule has 0 aliphatic rings. The molecule has 14 heavy (non-hydrogen) atoms. The minimum Gasteiger partial charge on any atom is -0.476 e. The van der Waals surface area contributed by atoms with Gasteiger partial charge in [0.15, 0.2) is 0 Å². The number of hydrogen-bond donors (Lipinski definition) is 1. The summed E-state index contributed by atoms with van der Waals surface area (Å²) in [6.07, 6.45) is 1.50. The smallest absolute Gasteiger partial charge is 0.359 e. The second kappa shape index (κ2) is 5.18. The molecule has 5 heteroatoms. The molecule has 0 amide bonds. The summed E-state index contributed by atoms with van der Waals surface area (Å²) in [6.45, 7) is 3.62. The van der Waals surface area contributed by atoms with Crippen molar-refractivity contribution in [2.75, 3.05) is 6.61 Å². The number of nitrogens with zero attached hydrogens (tertiary/aromatic N) is 1. The molecule has 0 spiro atoms. The van der Waals surface area contributed by atoms with Crippen molar-refractivity contribution >= 4 is 23.0 Å². The van der Waals surface area contributed by atoms with Crippen LogP contribution in [0.2, 0.25) is 0 Å². The van der Waals surface area contributed by atoms with Crippen LogP contribution in [0.4, 0.5) is 0 Å². The SMILES string of the molecule is C=CCON=C(C(=O)O)c1cccs1. The zero-order chi connectivity index (χ0) is 10.4. The number of carbonyl (C=O) groups is 1. The lowest BCUT2D eigenvalue weighted by atomic mass is 10.3. The van der Waals surface area contributed by atoms with E-state index in [-0.39, 0.29) is 12.3 Å². The average Bonchev–Trinajstić information content (AvgIpc) is 2.64. The minimum atomic E-state index is -1.10. The van der Waals surface area contributed by atoms with Crippen molar-refractivity contribution in [1.29, 1.82) is 0 Å². The lowest BCUT2D eigenvalue weighted by Gasteiger charge is -1.97. The molecule has 0 aliphatic heterocycles. The maximum atomic E-state index is 10.8. The zero-order valence-electron chi connectivity index (χ0n) is 7.34. The zero-order valence-corrected chi connectivity index (χ0v) is 8.16. The van der Waals surface area contributed by atoms with Crippen molar-refractivity contribution in [2.45, 2.75) is 0 Å². The second-order valence-electron chi connectivity index (χ2n) is 2.31. The molecule has 0 bridgehead atoms. The van der Waals surface area contributed by atoms with Gasteiger partial charge in [-0.3, -0.25) is 0 Å². The third-order valence-corrected chi connectivity index (χ3v) is 2.18. The largest absolute Gasteiger partial charge is 0.476 e. The summed E-state index contributed by atoms with van der Waals surface area (Å²) < 4.78 is 0. The molecule has 1 aromatic rings. The molecule has 0 atom stereocenters. The quantitative estimate of drug-likeness (QED) is 0.349. The molecule has 1 aromatic heterocycles. The van der Waals surface area contributed by atoms with E-state index in [1.807, 2.05) is 0 Å². The van der Waals surface area contributed by atoms with Gasteiger partial charge in [0.1, 0.15) is 6.61 Å². The maximum Gasteiger partial charge on any atom is 0.359 e. The number of thiophene rings is 1. The van der Waals surface area contributed by atoms with Gasteiger partial charge < -0.3 is 9.94 Å². The van der Waals surface area contributed by atoms with E-state index >= 15 is 0 Å². The highest BCUT2D eigenvalue weighted by molar-refractivity contribution is 7.13. The van der Waals surface area contributed by atoms with Gasteiger partial charge in [-0.05, 0) is 11.4 Å². The Kier molecular flexibility index (Phi) is 3.87. The van der Waals surface area contributed by atoms with Crippen LogP contribution in [0.1, 0.15) is 4.88 Å². The summed E-state index contributed by atoms with van der Waals surface area (Å²) in [4.78, 5) is 16.1. The number of hydrogen-bond acceptors (Lipinski definition) is 4. The molecule has 74 valence electrons. The summed E-state index contributed by atoms with van der Waals surface area (Å²) in [5.74, 6) is -1.10. The molecule has 0 unspecified atom stereocenters. The van der Waals surface area contributed by atoms with E-state index in [1.165, 1.54) is 17.4 Å². The van der Waals surface area contributed by atoms with Crippen molar-refractivity contribution in [2.24, 2.45) is 5.16 Å². The van der Waals surface area contributed by atoms with E-state index in [4.69, 9.17) is 9.94 Å². The van der Waals surface area contributed by atoms with Gasteiger partial charge in [0, 0.05) is 0 Å². The van der Waals surface area contributed by atoms with E-state index in [0.717, 1.165) is 0 Å². The van der Waals surface area contributed by atoms with Gasteiger partial charge >= 0.3 is 5.97 Å². The fourth-order valence-corrected chi connectivity index (χ4v) is 1.45. The third kappa shape index (κ3) is 2.70. The predicted octanol–water partition coefficient (Wildman–Crippen LogP) is 1.74. The highest BCUT2D eigenvalue weighted by Gasteiger charge is 2.13. The van der Waals surface area contributed by atoms with Gasteiger partial charge in [-0.2, -0.15) is 0 Å². The van der Waals surface area contributed by atoms with Crippen LogP contribution in [-0.2, 0) is 9.63 Å². The first-order valence-corrected chi connectivity index (χ1v) is 4.71. The number of rotatable bonds is 5. The van der Waals surface area contributed by atoms with Gasteiger partial charge in [-0.1, -0.05) is 23.9 Å². The average molecular weight is 211 g/mol. The van der Waals surface area contributed by atoms with E-state index in [2.05, 4.69) is 11.7 Å². The fourth-order valence-electron chi connectivity index (χ4n) is 0.757. The lowest BCUT2D eigenvalue weighted by Crippen LogP contribution is -2.13. The number of oxime groups is 1. The molecule has 1 rings (SSSR count). The normalized spacial score (nSPS) is 11.0. The van der Waals surface area contributed by atoms with Crippen molar-refractivity contribution in [1.82, 2.24) is 0 Å². The van der Waals surface area contributed by atoms with Gasteiger partial charge in [0.05, 0.1) is 4.88 Å². The monoisotopic (exact) mass is 211 g/mol. The van der Waals surface area contributed by atoms with E-state index < -0.39 is 5.97 Å². The minimum absolute atomic E-state index is 0.0816. The summed E-state index contributed by atoms with van der Waals surface area (Å²) in [6, 6.07) is 3.43. The predicted molar refractivity (Wildman–Crippen MR) is 54.6 cm³/mol. The molecule has 0 radical (unpaired) electrons. The molecule has 4 nitrogen and oxygen atoms in total. The number of carboxylic acids is 1. The first-order chi connectivity index (χ1) is 6.75. The van der Waals surface area contributed by atoms with Gasteiger partial charge in [0.25, 0.3) is 0 Å². The molecular weight excluding hydrogens is 202 g/mol. The molecule has 0 saturated heterocycles. The Labute approximate surface area is 85.1 Å². The molecule has 1 heterocycles. The summed E-state index contributed by atoms with van der Waals surface area (Å²) >= 11 is 1.30. The number of carboxylic acid groups (broad SMARTS) is 1. The molecule has 1 N–H and O–H groups in total. The summed E-state index contributed by atoms with van der Waals surface area (Å²) in [5.41, 5.74) is -0.0816. The summed E-state index contributed by atoms with van der Waals surface area (Å²) in [7, 11) is 0. The molecule has 0 aromatic carbocycles. The van der Waals surface area contributed by atoms with Crippen LogP contribution in [0.15, 0.2) is 35.3 Å². The first-order valence-electron chi connectivity index (χ1n) is 3.83. The first kappa shape index (κ1) is 10.5. The van der Waals surface area contributed by atoms with E-state index in [0.29, 0.717) is 4.88 Å². The van der Waals surface area contributed by atoms with Gasteiger partial charge in [-0.15, -0.1) is 11.3 Å². The van der Waals surface area contributed by atoms with E-state index in [9.17, 15) is 4.79 Å². The maximum absolute atomic E-state index is 10.8. The molecule has 0 aliphatic carbocycles. The van der Waals surface area contributed by atoms with Crippen LogP contribution < -0.4 is 0 Å². The Hall–Kier alpha value is -1.62. The van der Waals surface area contributed by atoms with E-state index in [1.54, 1.807) is 17.5 Å². The second-order valence-corrected chi connectivity index (χ2v) is 3.25. The third-order valence-electron chi connectivity index (χ3n) is 1.31. The molecule has 0 fully saturated rings. The van der Waals surface area contributed by atoms with Crippen molar-refractivity contribution < 1.29 is 14.7 Å². The Morgan fingerprint density at radius 3 is 3.07 bits per heavy atom. The topological polar surface area (TPSA) is 58.9 Å². The van der Waals surface area contributed by atoms with Crippen LogP contribution in [0.3, 0.4) is 0 Å². The molecular formula is C9H9NO3S. The van der Waals surface area contributed by atoms with Crippen LogP contribution in [0, 0.1) is 0 Å². The standard InChI is InChI=1S/C9H9NO3S/c1-2-5-13-10-8(9(11)12)7-4-3-6-14-7/h2-4,6H,1,5H2,(H,11,12). The van der Waals surface area contributed by atoms with Crippen molar-refractivity contribution in [3.05, 3.63) is 35.0 Å². The Balaban J connectivity index is 2.80. The van der Waals surface area contributed by atoms with Crippen LogP contribution in [0.5, 0.6) is 0 Å². The van der Waals surface area contributed by atoms with Gasteiger partial charge in [0.2, 0.25) is 5.71 Å². The van der Waals surface area contributed by atoms with Crippen molar-refractivity contribution in [3.63, 3.8) is 0 Å². The Morgan fingerprint density at radius 2 is 2.57 bits per heavy atom. The number of aliphatic carboxylic acids is 1. The fraction of sp³-hybridized carbons (Fsp3) is 0.111. The highest BCUT2D eigenvalue weighted by atomic mass is 32.1. The Bertz CT molecular complexity index is 343.